The molecule has 0 fully saturated rings. The summed E-state index contributed by atoms with van der Waals surface area (Å²) in [4.78, 5) is 10.8. The second-order valence-electron chi connectivity index (χ2n) is 3.19. The topological polar surface area (TPSA) is 67.8 Å². The van der Waals surface area contributed by atoms with Crippen molar-refractivity contribution in [3.8, 4) is 11.5 Å². The van der Waals surface area contributed by atoms with Crippen molar-refractivity contribution in [1.29, 1.82) is 0 Å². The number of benzene rings is 1. The fourth-order valence-electron chi connectivity index (χ4n) is 1.21. The number of ether oxygens (including phenoxy) is 2. The zero-order valence-corrected chi connectivity index (χ0v) is 9.32. The summed E-state index contributed by atoms with van der Waals surface area (Å²) in [7, 11) is 2.83. The van der Waals surface area contributed by atoms with E-state index in [1.807, 2.05) is 0 Å². The fourth-order valence-corrected chi connectivity index (χ4v) is 1.21. The average Bonchev–Trinajstić information content (AvgIpc) is 2.31. The molecular weight excluding hydrogens is 210 g/mol. The molecular formula is C11H15NO4. The van der Waals surface area contributed by atoms with Crippen LogP contribution in [-0.2, 0) is 16.1 Å². The lowest BCUT2D eigenvalue weighted by Crippen LogP contribution is -2.23. The Balaban J connectivity index is 2.51. The molecule has 0 aliphatic rings. The number of carbonyl (C=O) groups excluding carboxylic acids is 1. The molecule has 1 aromatic carbocycles. The van der Waals surface area contributed by atoms with Gasteiger partial charge in [-0.05, 0) is 17.7 Å². The number of methoxy groups -OCH3 is 2. The predicted octanol–water partition coefficient (Wildman–Crippen LogP) is 0.663. The number of nitrogens with one attached hydrogen (secondary N) is 1. The smallest absolute Gasteiger partial charge is 0.319 e. The monoisotopic (exact) mass is 225 g/mol. The number of phenolic OH excluding ortho intramolecular Hbond substituents is 1. The maximum absolute atomic E-state index is 10.8. The molecule has 0 aliphatic carbocycles. The van der Waals surface area contributed by atoms with Gasteiger partial charge in [-0.2, -0.15) is 0 Å². The van der Waals surface area contributed by atoms with Gasteiger partial charge in [0.25, 0.3) is 0 Å². The molecule has 0 unspecified atom stereocenters. The Kier molecular flexibility index (Phi) is 4.60. The van der Waals surface area contributed by atoms with Gasteiger partial charge in [0.05, 0.1) is 20.8 Å². The van der Waals surface area contributed by atoms with Crippen molar-refractivity contribution in [3.05, 3.63) is 23.8 Å². The Hall–Kier alpha value is -1.75. The fraction of sp³-hybridized carbons (Fsp3) is 0.364. The van der Waals surface area contributed by atoms with Gasteiger partial charge >= 0.3 is 5.97 Å². The van der Waals surface area contributed by atoms with Gasteiger partial charge in [0, 0.05) is 6.54 Å². The van der Waals surface area contributed by atoms with E-state index in [9.17, 15) is 9.90 Å². The highest BCUT2D eigenvalue weighted by Gasteiger charge is 2.03. The molecule has 16 heavy (non-hydrogen) atoms. The van der Waals surface area contributed by atoms with Gasteiger partial charge in [-0.1, -0.05) is 6.07 Å². The number of rotatable bonds is 5. The third kappa shape index (κ3) is 3.43. The largest absolute Gasteiger partial charge is 0.504 e. The minimum absolute atomic E-state index is 0.0965. The summed E-state index contributed by atoms with van der Waals surface area (Å²) < 4.78 is 9.45. The maximum Gasteiger partial charge on any atom is 0.319 e. The number of esters is 1. The summed E-state index contributed by atoms with van der Waals surface area (Å²) in [5, 5.41) is 12.3. The van der Waals surface area contributed by atoms with Crippen LogP contribution in [0.5, 0.6) is 11.5 Å². The van der Waals surface area contributed by atoms with Gasteiger partial charge in [-0.15, -0.1) is 0 Å². The highest BCUT2D eigenvalue weighted by atomic mass is 16.5. The SMILES string of the molecule is COC(=O)CNCc1ccc(O)c(OC)c1. The van der Waals surface area contributed by atoms with E-state index in [0.29, 0.717) is 12.3 Å². The normalized spacial score (nSPS) is 9.88. The van der Waals surface area contributed by atoms with Gasteiger partial charge in [0.2, 0.25) is 0 Å². The molecule has 2 N–H and O–H groups in total. The number of carbonyl (C=O) groups is 1. The van der Waals surface area contributed by atoms with E-state index < -0.39 is 0 Å². The Labute approximate surface area is 94.0 Å². The van der Waals surface area contributed by atoms with E-state index in [1.54, 1.807) is 18.2 Å². The lowest BCUT2D eigenvalue weighted by atomic mass is 10.2. The second-order valence-corrected chi connectivity index (χ2v) is 3.19. The van der Waals surface area contributed by atoms with Crippen molar-refractivity contribution in [2.75, 3.05) is 20.8 Å². The highest BCUT2D eigenvalue weighted by molar-refractivity contribution is 5.71. The molecule has 0 saturated heterocycles. The summed E-state index contributed by atoms with van der Waals surface area (Å²) in [5.74, 6) is 0.197. The van der Waals surface area contributed by atoms with Gasteiger partial charge in [-0.25, -0.2) is 0 Å². The molecule has 0 aliphatic heterocycles. The van der Waals surface area contributed by atoms with E-state index in [1.165, 1.54) is 14.2 Å². The molecule has 0 spiro atoms. The molecule has 5 nitrogen and oxygen atoms in total. The van der Waals surface area contributed by atoms with E-state index in [4.69, 9.17) is 4.74 Å². The zero-order valence-electron chi connectivity index (χ0n) is 9.32. The van der Waals surface area contributed by atoms with Crippen molar-refractivity contribution in [2.24, 2.45) is 0 Å². The van der Waals surface area contributed by atoms with Crippen molar-refractivity contribution in [3.63, 3.8) is 0 Å². The number of hydrogen-bond donors (Lipinski definition) is 2. The van der Waals surface area contributed by atoms with Crippen LogP contribution in [0.4, 0.5) is 0 Å². The van der Waals surface area contributed by atoms with Crippen molar-refractivity contribution < 1.29 is 19.4 Å². The van der Waals surface area contributed by atoms with Gasteiger partial charge in [0.15, 0.2) is 11.5 Å². The quantitative estimate of drug-likeness (QED) is 0.721. The van der Waals surface area contributed by atoms with E-state index in [-0.39, 0.29) is 18.3 Å². The van der Waals surface area contributed by atoms with Crippen LogP contribution in [0.3, 0.4) is 0 Å². The first-order chi connectivity index (χ1) is 7.67. The van der Waals surface area contributed by atoms with Crippen LogP contribution in [0.1, 0.15) is 5.56 Å². The molecule has 0 amide bonds. The summed E-state index contributed by atoms with van der Waals surface area (Å²) in [5.41, 5.74) is 0.915. The summed E-state index contributed by atoms with van der Waals surface area (Å²) in [6, 6.07) is 5.01. The van der Waals surface area contributed by atoms with Crippen LogP contribution in [0.2, 0.25) is 0 Å². The molecule has 0 saturated carbocycles. The molecule has 88 valence electrons. The zero-order chi connectivity index (χ0) is 12.0. The van der Waals surface area contributed by atoms with Gasteiger partial charge < -0.3 is 19.9 Å². The minimum atomic E-state index is -0.314. The number of aromatic hydroxyl groups is 1. The summed E-state index contributed by atoms with van der Waals surface area (Å²) in [6.45, 7) is 0.658. The molecule has 0 aromatic heterocycles. The summed E-state index contributed by atoms with van der Waals surface area (Å²) >= 11 is 0. The predicted molar refractivity (Wildman–Crippen MR) is 58.4 cm³/mol. The third-order valence-electron chi connectivity index (χ3n) is 2.07. The van der Waals surface area contributed by atoms with Crippen molar-refractivity contribution >= 4 is 5.97 Å². The molecule has 0 bridgehead atoms. The highest BCUT2D eigenvalue weighted by Crippen LogP contribution is 2.25. The van der Waals surface area contributed by atoms with Crippen LogP contribution < -0.4 is 10.1 Å². The van der Waals surface area contributed by atoms with Crippen LogP contribution >= 0.6 is 0 Å². The molecule has 0 radical (unpaired) electrons. The molecule has 0 atom stereocenters. The molecule has 1 aromatic rings. The first kappa shape index (κ1) is 12.3. The molecule has 5 heteroatoms. The molecule has 1 rings (SSSR count). The van der Waals surface area contributed by atoms with Crippen LogP contribution in [0, 0.1) is 0 Å². The maximum atomic E-state index is 10.8. The lowest BCUT2D eigenvalue weighted by Gasteiger charge is -2.07. The van der Waals surface area contributed by atoms with Crippen LogP contribution in [-0.4, -0.2) is 31.8 Å². The Morgan fingerprint density at radius 3 is 2.81 bits per heavy atom. The van der Waals surface area contributed by atoms with Crippen LogP contribution in [0.15, 0.2) is 18.2 Å². The standard InChI is InChI=1S/C11H15NO4/c1-15-10-5-8(3-4-9(10)13)6-12-7-11(14)16-2/h3-5,12-13H,6-7H2,1-2H3. The number of hydrogen-bond acceptors (Lipinski definition) is 5. The first-order valence-corrected chi connectivity index (χ1v) is 4.80. The van der Waals surface area contributed by atoms with Gasteiger partial charge in [-0.3, -0.25) is 4.79 Å². The Morgan fingerprint density at radius 2 is 2.19 bits per heavy atom. The molecule has 0 heterocycles. The Bertz CT molecular complexity index is 365. The lowest BCUT2D eigenvalue weighted by molar-refractivity contribution is -0.139. The van der Waals surface area contributed by atoms with E-state index in [0.717, 1.165) is 5.56 Å². The van der Waals surface area contributed by atoms with E-state index in [2.05, 4.69) is 10.1 Å². The average molecular weight is 225 g/mol. The third-order valence-corrected chi connectivity index (χ3v) is 2.07. The van der Waals surface area contributed by atoms with Gasteiger partial charge in [0.1, 0.15) is 0 Å². The van der Waals surface area contributed by atoms with E-state index >= 15 is 0 Å². The summed E-state index contributed by atoms with van der Waals surface area (Å²) in [6.07, 6.45) is 0. The number of phenols is 1. The van der Waals surface area contributed by atoms with Crippen molar-refractivity contribution in [2.45, 2.75) is 6.54 Å². The second kappa shape index (κ2) is 5.97. The van der Waals surface area contributed by atoms with Crippen molar-refractivity contribution in [1.82, 2.24) is 5.32 Å². The van der Waals surface area contributed by atoms with Crippen LogP contribution in [0.25, 0.3) is 0 Å². The first-order valence-electron chi connectivity index (χ1n) is 4.80. The minimum Gasteiger partial charge on any atom is -0.504 e. The Morgan fingerprint density at radius 1 is 1.44 bits per heavy atom.